The first-order chi connectivity index (χ1) is 17.6. The lowest BCUT2D eigenvalue weighted by Gasteiger charge is -2.44. The van der Waals surface area contributed by atoms with Gasteiger partial charge in [-0.1, -0.05) is 67.5 Å². The van der Waals surface area contributed by atoms with Gasteiger partial charge in [0.05, 0.1) is 13.2 Å². The Balaban J connectivity index is 2.87. The average Bonchev–Trinajstić information content (AvgIpc) is 2.78. The van der Waals surface area contributed by atoms with E-state index < -0.39 is 22.7 Å². The van der Waals surface area contributed by atoms with Crippen LogP contribution in [0.3, 0.4) is 0 Å². The Hall–Kier alpha value is -1.25. The predicted molar refractivity (Wildman–Crippen MR) is 173 cm³/mol. The van der Waals surface area contributed by atoms with E-state index in [0.717, 1.165) is 54.1 Å². The molecule has 4 atom stereocenters. The van der Waals surface area contributed by atoms with Crippen LogP contribution < -0.4 is 13.6 Å². The molecule has 0 bridgehead atoms. The summed E-state index contributed by atoms with van der Waals surface area (Å²) in [6.07, 6.45) is 3.43. The Morgan fingerprint density at radius 3 is 1.82 bits per heavy atom. The third-order valence-corrected chi connectivity index (χ3v) is 18.8. The number of aliphatic hydroxyl groups is 1. The first-order valence-corrected chi connectivity index (χ1v) is 20.8. The largest absolute Gasteiger partial charge is 0.543 e. The van der Waals surface area contributed by atoms with Gasteiger partial charge in [-0.05, 0) is 93.5 Å². The molecule has 1 unspecified atom stereocenters. The predicted octanol–water partition coefficient (Wildman–Crippen LogP) is 10.1. The number of methoxy groups -OCH3 is 1. The maximum atomic E-state index is 10.5. The molecule has 1 aromatic rings. The van der Waals surface area contributed by atoms with Crippen LogP contribution in [0.2, 0.25) is 36.3 Å². The highest BCUT2D eigenvalue weighted by atomic mass is 28.4. The van der Waals surface area contributed by atoms with Crippen LogP contribution in [0.25, 0.3) is 0 Å². The lowest BCUT2D eigenvalue weighted by molar-refractivity contribution is 0.185. The standard InChI is InChI=1S/C33H60O4Si2/c1-21(2)26(34)20-18-22(3)25-19-17-23(4)27-28(25)29(36-38(13,14)32(6,7)8)24(5)30(35-12)31(27)37-39(15,16)33(9,10)11/h22-23,25-26,34H,1,17-20H2,2-16H3/t22-,23-,25+,26?/m0/s1. The molecule has 0 spiro atoms. The van der Waals surface area contributed by atoms with Crippen molar-refractivity contribution in [2.24, 2.45) is 5.92 Å². The fourth-order valence-corrected chi connectivity index (χ4v) is 7.25. The molecule has 1 aliphatic carbocycles. The minimum absolute atomic E-state index is 0.0679. The lowest BCUT2D eigenvalue weighted by Crippen LogP contribution is -2.45. The summed E-state index contributed by atoms with van der Waals surface area (Å²) in [4.78, 5) is 0. The van der Waals surface area contributed by atoms with E-state index in [1.54, 1.807) is 7.11 Å². The van der Waals surface area contributed by atoms with Crippen LogP contribution in [0.5, 0.6) is 17.2 Å². The van der Waals surface area contributed by atoms with Gasteiger partial charge in [0.2, 0.25) is 0 Å². The highest BCUT2D eigenvalue weighted by molar-refractivity contribution is 6.75. The van der Waals surface area contributed by atoms with Crippen LogP contribution in [-0.2, 0) is 0 Å². The van der Waals surface area contributed by atoms with Crippen molar-refractivity contribution in [1.82, 2.24) is 0 Å². The fraction of sp³-hybridized carbons (Fsp3) is 0.758. The zero-order valence-electron chi connectivity index (χ0n) is 28.0. The molecule has 2 rings (SSSR count). The Labute approximate surface area is 243 Å². The zero-order valence-corrected chi connectivity index (χ0v) is 30.0. The van der Waals surface area contributed by atoms with Crippen molar-refractivity contribution in [1.29, 1.82) is 0 Å². The van der Waals surface area contributed by atoms with Crippen molar-refractivity contribution in [3.8, 4) is 17.2 Å². The topological polar surface area (TPSA) is 47.9 Å². The minimum atomic E-state index is -2.15. The van der Waals surface area contributed by atoms with E-state index in [9.17, 15) is 5.11 Å². The van der Waals surface area contributed by atoms with Gasteiger partial charge in [-0.3, -0.25) is 0 Å². The Kier molecular flexibility index (Phi) is 10.4. The molecule has 0 aliphatic heterocycles. The number of benzene rings is 1. The molecule has 39 heavy (non-hydrogen) atoms. The van der Waals surface area contributed by atoms with Gasteiger partial charge < -0.3 is 18.7 Å². The van der Waals surface area contributed by atoms with Crippen LogP contribution >= 0.6 is 0 Å². The van der Waals surface area contributed by atoms with Gasteiger partial charge in [-0.15, -0.1) is 0 Å². The van der Waals surface area contributed by atoms with E-state index in [1.165, 1.54) is 11.1 Å². The van der Waals surface area contributed by atoms with Gasteiger partial charge in [0.15, 0.2) is 11.5 Å². The molecule has 0 heterocycles. The van der Waals surface area contributed by atoms with E-state index in [4.69, 9.17) is 13.6 Å². The van der Waals surface area contributed by atoms with E-state index in [0.29, 0.717) is 17.8 Å². The molecule has 0 saturated carbocycles. The zero-order chi connectivity index (χ0) is 30.3. The second-order valence-electron chi connectivity index (χ2n) is 15.4. The van der Waals surface area contributed by atoms with Crippen molar-refractivity contribution in [2.75, 3.05) is 7.11 Å². The summed E-state index contributed by atoms with van der Waals surface area (Å²) in [5.74, 6) is 3.89. The molecule has 0 fully saturated rings. The van der Waals surface area contributed by atoms with Gasteiger partial charge in [0, 0.05) is 16.7 Å². The molecular weight excluding hydrogens is 517 g/mol. The third kappa shape index (κ3) is 7.16. The molecule has 224 valence electrons. The molecule has 1 N–H and O–H groups in total. The summed E-state index contributed by atoms with van der Waals surface area (Å²) in [5, 5.41) is 10.7. The molecule has 1 aromatic carbocycles. The normalized spacial score (nSPS) is 20.2. The minimum Gasteiger partial charge on any atom is -0.543 e. The molecule has 0 aromatic heterocycles. The molecule has 0 saturated heterocycles. The van der Waals surface area contributed by atoms with Crippen LogP contribution in [0, 0.1) is 12.8 Å². The van der Waals surface area contributed by atoms with Crippen molar-refractivity contribution in [3.05, 3.63) is 28.8 Å². The van der Waals surface area contributed by atoms with Gasteiger partial charge in [0.25, 0.3) is 16.6 Å². The van der Waals surface area contributed by atoms with Crippen molar-refractivity contribution in [2.45, 2.75) is 149 Å². The van der Waals surface area contributed by atoms with E-state index in [2.05, 4.69) is 95.1 Å². The summed E-state index contributed by atoms with van der Waals surface area (Å²) < 4.78 is 20.6. The van der Waals surface area contributed by atoms with Crippen molar-refractivity contribution in [3.63, 3.8) is 0 Å². The number of fused-ring (bicyclic) bond motifs is 1. The first kappa shape index (κ1) is 34.0. The molecule has 1 aliphatic rings. The molecule has 6 heteroatoms. The molecule has 0 radical (unpaired) electrons. The number of aliphatic hydroxyl groups excluding tert-OH is 1. The molecular formula is C33H60O4Si2. The number of hydrogen-bond donors (Lipinski definition) is 1. The van der Waals surface area contributed by atoms with Crippen LogP contribution in [0.1, 0.15) is 117 Å². The molecule has 0 amide bonds. The number of hydrogen-bond acceptors (Lipinski definition) is 4. The monoisotopic (exact) mass is 576 g/mol. The van der Waals surface area contributed by atoms with Gasteiger partial charge in [-0.2, -0.15) is 0 Å². The Morgan fingerprint density at radius 2 is 1.38 bits per heavy atom. The Morgan fingerprint density at radius 1 is 0.897 bits per heavy atom. The van der Waals surface area contributed by atoms with Crippen LogP contribution in [-0.4, -0.2) is 35.0 Å². The highest BCUT2D eigenvalue weighted by Gasteiger charge is 2.45. The second kappa shape index (κ2) is 11.9. The summed E-state index contributed by atoms with van der Waals surface area (Å²) in [6.45, 7) is 35.8. The van der Waals surface area contributed by atoms with E-state index in [-0.39, 0.29) is 10.1 Å². The summed E-state index contributed by atoms with van der Waals surface area (Å²) >= 11 is 0. The summed E-state index contributed by atoms with van der Waals surface area (Å²) in [6, 6.07) is 0. The van der Waals surface area contributed by atoms with Crippen molar-refractivity contribution >= 4 is 16.6 Å². The maximum absolute atomic E-state index is 10.5. The van der Waals surface area contributed by atoms with E-state index in [1.807, 2.05) is 6.92 Å². The van der Waals surface area contributed by atoms with Crippen molar-refractivity contribution < 1.29 is 18.7 Å². The molecule has 4 nitrogen and oxygen atoms in total. The summed E-state index contributed by atoms with van der Waals surface area (Å²) in [7, 11) is -2.52. The third-order valence-electron chi connectivity index (χ3n) is 10.1. The highest BCUT2D eigenvalue weighted by Crippen LogP contribution is 2.58. The smallest absolute Gasteiger partial charge is 0.250 e. The van der Waals surface area contributed by atoms with Gasteiger partial charge >= 0.3 is 0 Å². The fourth-order valence-electron chi connectivity index (χ4n) is 5.15. The second-order valence-corrected chi connectivity index (χ2v) is 24.8. The Bertz CT molecular complexity index is 1030. The average molecular weight is 577 g/mol. The quantitative estimate of drug-likeness (QED) is 0.222. The van der Waals surface area contributed by atoms with Gasteiger partial charge in [-0.25, -0.2) is 0 Å². The SMILES string of the molecule is C=C(C)C(O)CC[C@H](C)[C@H]1CC[C@H](C)c2c(O[Si](C)(C)C(C)(C)C)c(OC)c(C)c(O[Si](C)(C)C(C)(C)C)c21. The van der Waals surface area contributed by atoms with Crippen LogP contribution in [0.4, 0.5) is 0 Å². The number of rotatable bonds is 10. The lowest BCUT2D eigenvalue weighted by atomic mass is 9.70. The number of ether oxygens (including phenoxy) is 1. The van der Waals surface area contributed by atoms with Crippen LogP contribution in [0.15, 0.2) is 12.2 Å². The van der Waals surface area contributed by atoms with Gasteiger partial charge in [0.1, 0.15) is 5.75 Å². The maximum Gasteiger partial charge on any atom is 0.250 e. The first-order valence-electron chi connectivity index (χ1n) is 15.0. The summed E-state index contributed by atoms with van der Waals surface area (Å²) in [5.41, 5.74) is 4.53. The van der Waals surface area contributed by atoms with E-state index >= 15 is 0 Å².